The van der Waals surface area contributed by atoms with Crippen LogP contribution in [0.15, 0.2) is 18.2 Å². The van der Waals surface area contributed by atoms with Crippen molar-refractivity contribution in [3.8, 4) is 0 Å². The van der Waals surface area contributed by atoms with E-state index in [4.69, 9.17) is 5.11 Å². The van der Waals surface area contributed by atoms with Gasteiger partial charge < -0.3 is 15.7 Å². The minimum atomic E-state index is -1.22. The SMILES string of the molecule is CC(C)C[C@H](Nc1ccc([N+](=O)[O-])cc1[N+](=O)[O-])C(=O)NCC(=O)O. The highest BCUT2D eigenvalue weighted by atomic mass is 16.6. The first kappa shape index (κ1) is 19.8. The van der Waals surface area contributed by atoms with E-state index >= 15 is 0 Å². The van der Waals surface area contributed by atoms with Gasteiger partial charge in [-0.3, -0.25) is 29.8 Å². The van der Waals surface area contributed by atoms with E-state index in [-0.39, 0.29) is 18.0 Å². The number of benzene rings is 1. The zero-order valence-corrected chi connectivity index (χ0v) is 13.6. The third-order valence-corrected chi connectivity index (χ3v) is 3.16. The monoisotopic (exact) mass is 354 g/mol. The van der Waals surface area contributed by atoms with E-state index in [2.05, 4.69) is 10.6 Å². The molecule has 0 unspecified atom stereocenters. The molecule has 1 aromatic carbocycles. The molecule has 3 N–H and O–H groups in total. The zero-order valence-electron chi connectivity index (χ0n) is 13.6. The summed E-state index contributed by atoms with van der Waals surface area (Å²) in [7, 11) is 0. The Morgan fingerprint density at radius 2 is 1.84 bits per heavy atom. The summed E-state index contributed by atoms with van der Waals surface area (Å²) >= 11 is 0. The number of non-ortho nitro benzene ring substituents is 1. The second-order valence-electron chi connectivity index (χ2n) is 5.65. The molecule has 0 spiro atoms. The lowest BCUT2D eigenvalue weighted by molar-refractivity contribution is -0.393. The highest BCUT2D eigenvalue weighted by molar-refractivity contribution is 5.88. The summed E-state index contributed by atoms with van der Waals surface area (Å²) in [6.45, 7) is 3.06. The fraction of sp³-hybridized carbons (Fsp3) is 0.429. The van der Waals surface area contributed by atoms with Crippen molar-refractivity contribution in [2.45, 2.75) is 26.3 Å². The quantitative estimate of drug-likeness (QED) is 0.443. The molecule has 0 aliphatic heterocycles. The number of carbonyl (C=O) groups excluding carboxylic acids is 1. The topological polar surface area (TPSA) is 165 Å². The molecule has 1 amide bonds. The van der Waals surface area contributed by atoms with Gasteiger partial charge in [-0.15, -0.1) is 0 Å². The van der Waals surface area contributed by atoms with E-state index in [9.17, 15) is 29.8 Å². The van der Waals surface area contributed by atoms with Gasteiger partial charge in [0.2, 0.25) is 5.91 Å². The Bertz CT molecular complexity index is 690. The maximum atomic E-state index is 12.1. The molecule has 0 heterocycles. The number of carboxylic acid groups (broad SMARTS) is 1. The fourth-order valence-electron chi connectivity index (χ4n) is 2.08. The number of aliphatic carboxylic acids is 1. The fourth-order valence-corrected chi connectivity index (χ4v) is 2.08. The molecule has 0 saturated heterocycles. The molecule has 1 atom stereocenters. The van der Waals surface area contributed by atoms with Crippen LogP contribution in [0.25, 0.3) is 0 Å². The number of amides is 1. The minimum Gasteiger partial charge on any atom is -0.480 e. The lowest BCUT2D eigenvalue weighted by Crippen LogP contribution is -2.42. The van der Waals surface area contributed by atoms with Crippen molar-refractivity contribution in [1.82, 2.24) is 5.32 Å². The van der Waals surface area contributed by atoms with Gasteiger partial charge in [-0.1, -0.05) is 13.8 Å². The van der Waals surface area contributed by atoms with Gasteiger partial charge >= 0.3 is 5.97 Å². The Balaban J connectivity index is 3.10. The number of carboxylic acids is 1. The van der Waals surface area contributed by atoms with E-state index < -0.39 is 45.7 Å². The Morgan fingerprint density at radius 1 is 1.20 bits per heavy atom. The predicted octanol–water partition coefficient (Wildman–Crippen LogP) is 1.53. The molecule has 0 radical (unpaired) electrons. The maximum Gasteiger partial charge on any atom is 0.322 e. The molecule has 0 aliphatic carbocycles. The highest BCUT2D eigenvalue weighted by Crippen LogP contribution is 2.30. The lowest BCUT2D eigenvalue weighted by atomic mass is 10.0. The summed E-state index contributed by atoms with van der Waals surface area (Å²) in [6, 6.07) is 2.09. The van der Waals surface area contributed by atoms with E-state index in [0.717, 1.165) is 18.2 Å². The molecule has 1 rings (SSSR count). The second-order valence-corrected chi connectivity index (χ2v) is 5.65. The van der Waals surface area contributed by atoms with Crippen molar-refractivity contribution < 1.29 is 24.5 Å². The predicted molar refractivity (Wildman–Crippen MR) is 87.3 cm³/mol. The molecule has 1 aromatic rings. The molecule has 11 nitrogen and oxygen atoms in total. The van der Waals surface area contributed by atoms with Crippen LogP contribution in [0, 0.1) is 26.1 Å². The molecule has 0 saturated carbocycles. The van der Waals surface area contributed by atoms with Gasteiger partial charge in [-0.25, -0.2) is 0 Å². The summed E-state index contributed by atoms with van der Waals surface area (Å²) in [5.74, 6) is -1.83. The third-order valence-electron chi connectivity index (χ3n) is 3.16. The Kier molecular flexibility index (Phi) is 6.79. The van der Waals surface area contributed by atoms with Crippen LogP contribution in [0.5, 0.6) is 0 Å². The number of hydrogen-bond acceptors (Lipinski definition) is 7. The van der Waals surface area contributed by atoms with Gasteiger partial charge in [0, 0.05) is 6.07 Å². The van der Waals surface area contributed by atoms with Crippen LogP contribution in [0.3, 0.4) is 0 Å². The van der Waals surface area contributed by atoms with Crippen molar-refractivity contribution >= 4 is 28.9 Å². The van der Waals surface area contributed by atoms with Crippen LogP contribution in [0.2, 0.25) is 0 Å². The summed E-state index contributed by atoms with van der Waals surface area (Å²) < 4.78 is 0. The summed E-state index contributed by atoms with van der Waals surface area (Å²) in [4.78, 5) is 43.0. The Labute approximate surface area is 142 Å². The third kappa shape index (κ3) is 6.05. The Morgan fingerprint density at radius 3 is 2.32 bits per heavy atom. The van der Waals surface area contributed by atoms with Gasteiger partial charge in [-0.05, 0) is 18.4 Å². The molecule has 0 aliphatic rings. The number of carbonyl (C=O) groups is 2. The number of hydrogen-bond donors (Lipinski definition) is 3. The van der Waals surface area contributed by atoms with Crippen molar-refractivity contribution in [2.24, 2.45) is 5.92 Å². The highest BCUT2D eigenvalue weighted by Gasteiger charge is 2.25. The number of nitrogens with one attached hydrogen (secondary N) is 2. The molecule has 25 heavy (non-hydrogen) atoms. The first-order valence-corrected chi connectivity index (χ1v) is 7.30. The molecular weight excluding hydrogens is 336 g/mol. The normalized spacial score (nSPS) is 11.6. The minimum absolute atomic E-state index is 0.0326. The molecule has 0 aromatic heterocycles. The van der Waals surface area contributed by atoms with Gasteiger partial charge in [0.05, 0.1) is 15.9 Å². The summed E-state index contributed by atoms with van der Waals surface area (Å²) in [6.07, 6.45) is 0.277. The Hall–Kier alpha value is -3.24. The molecule has 11 heteroatoms. The largest absolute Gasteiger partial charge is 0.480 e. The van der Waals surface area contributed by atoms with E-state index in [1.54, 1.807) is 0 Å². The van der Waals surface area contributed by atoms with Gasteiger partial charge in [-0.2, -0.15) is 0 Å². The maximum absolute atomic E-state index is 12.1. The van der Waals surface area contributed by atoms with Crippen molar-refractivity contribution in [1.29, 1.82) is 0 Å². The van der Waals surface area contributed by atoms with E-state index in [0.29, 0.717) is 0 Å². The first-order valence-electron chi connectivity index (χ1n) is 7.30. The van der Waals surface area contributed by atoms with Crippen molar-refractivity contribution in [3.05, 3.63) is 38.4 Å². The molecule has 136 valence electrons. The first-order chi connectivity index (χ1) is 11.6. The standard InChI is InChI=1S/C14H18N4O7/c1-8(2)5-11(14(21)15-7-13(19)20)16-10-4-3-9(17(22)23)6-12(10)18(24)25/h3-4,6,8,11,16H,5,7H2,1-2H3,(H,15,21)(H,19,20)/t11-/m0/s1. The van der Waals surface area contributed by atoms with Gasteiger partial charge in [0.25, 0.3) is 11.4 Å². The number of nitro groups is 2. The van der Waals surface area contributed by atoms with Gasteiger partial charge in [0.15, 0.2) is 0 Å². The van der Waals surface area contributed by atoms with E-state index in [1.807, 2.05) is 13.8 Å². The lowest BCUT2D eigenvalue weighted by Gasteiger charge is -2.20. The van der Waals surface area contributed by atoms with Crippen molar-refractivity contribution in [2.75, 3.05) is 11.9 Å². The van der Waals surface area contributed by atoms with Crippen LogP contribution < -0.4 is 10.6 Å². The number of anilines is 1. The van der Waals surface area contributed by atoms with Crippen LogP contribution in [0.4, 0.5) is 17.1 Å². The van der Waals surface area contributed by atoms with Crippen LogP contribution in [-0.2, 0) is 9.59 Å². The number of nitrogens with zero attached hydrogens (tertiary/aromatic N) is 2. The average Bonchev–Trinajstić information content (AvgIpc) is 2.51. The van der Waals surface area contributed by atoms with Crippen LogP contribution in [-0.4, -0.2) is 39.4 Å². The summed E-state index contributed by atoms with van der Waals surface area (Å²) in [5.41, 5.74) is -1.06. The molecule has 0 fully saturated rings. The van der Waals surface area contributed by atoms with Crippen LogP contribution in [0.1, 0.15) is 20.3 Å². The molecular formula is C14H18N4O7. The molecule has 0 bridgehead atoms. The second kappa shape index (κ2) is 8.57. The number of rotatable bonds is 9. The zero-order chi connectivity index (χ0) is 19.1. The van der Waals surface area contributed by atoms with Crippen LogP contribution >= 0.6 is 0 Å². The average molecular weight is 354 g/mol. The van der Waals surface area contributed by atoms with Crippen molar-refractivity contribution in [3.63, 3.8) is 0 Å². The smallest absolute Gasteiger partial charge is 0.322 e. The van der Waals surface area contributed by atoms with Gasteiger partial charge in [0.1, 0.15) is 18.3 Å². The summed E-state index contributed by atoms with van der Waals surface area (Å²) in [5, 5.41) is 35.4. The van der Waals surface area contributed by atoms with E-state index in [1.165, 1.54) is 0 Å². The number of nitro benzene ring substituents is 2.